The van der Waals surface area contributed by atoms with Crippen molar-refractivity contribution in [3.8, 4) is 0 Å². The highest BCUT2D eigenvalue weighted by Crippen LogP contribution is 2.07. The van der Waals surface area contributed by atoms with Crippen LogP contribution >= 0.6 is 11.3 Å². The van der Waals surface area contributed by atoms with Crippen molar-refractivity contribution in [3.63, 3.8) is 0 Å². The number of nitrogens with two attached hydrogens (primary N) is 1. The Morgan fingerprint density at radius 1 is 1.33 bits per heavy atom. The third-order valence-corrected chi connectivity index (χ3v) is 3.34. The zero-order valence-electron chi connectivity index (χ0n) is 11.0. The first-order chi connectivity index (χ1) is 9.90. The fraction of sp³-hybridized carbons (Fsp3) is 0.333. The van der Waals surface area contributed by atoms with Crippen LogP contribution in [0.15, 0.2) is 17.5 Å². The molecule has 0 aliphatic carbocycles. The number of rotatable bonds is 8. The van der Waals surface area contributed by atoms with Crippen molar-refractivity contribution in [1.82, 2.24) is 10.6 Å². The van der Waals surface area contributed by atoms with Crippen molar-refractivity contribution in [1.29, 1.82) is 0 Å². The Balaban J connectivity index is 2.41. The molecule has 0 aliphatic heterocycles. The van der Waals surface area contributed by atoms with Crippen LogP contribution < -0.4 is 16.4 Å². The number of aliphatic carboxylic acids is 1. The van der Waals surface area contributed by atoms with Gasteiger partial charge in [-0.3, -0.25) is 14.4 Å². The van der Waals surface area contributed by atoms with E-state index in [1.807, 2.05) is 0 Å². The van der Waals surface area contributed by atoms with Crippen LogP contribution in [0, 0.1) is 0 Å². The van der Waals surface area contributed by atoms with Crippen LogP contribution in [0.1, 0.15) is 22.5 Å². The standard InChI is InChI=1S/C12H15N3O5S/c13-9(16)4-3-7(12(19)20)15-10(17)6-14-11(18)8-2-1-5-21-8/h1-2,5,7H,3-4,6H2,(H2,13,16)(H,14,18)(H,15,17)(H,19,20). The zero-order valence-corrected chi connectivity index (χ0v) is 11.8. The Bertz CT molecular complexity index is 529. The lowest BCUT2D eigenvalue weighted by atomic mass is 10.1. The average Bonchev–Trinajstić information content (AvgIpc) is 2.94. The minimum atomic E-state index is -1.27. The summed E-state index contributed by atoms with van der Waals surface area (Å²) in [5.74, 6) is -2.99. The predicted octanol–water partition coefficient (Wildman–Crippen LogP) is -0.687. The number of hydrogen-bond donors (Lipinski definition) is 4. The Labute approximate surface area is 124 Å². The molecule has 1 atom stereocenters. The number of primary amides is 1. The first kappa shape index (κ1) is 16.6. The van der Waals surface area contributed by atoms with E-state index in [1.165, 1.54) is 11.3 Å². The predicted molar refractivity (Wildman–Crippen MR) is 74.6 cm³/mol. The minimum absolute atomic E-state index is 0.102. The van der Waals surface area contributed by atoms with E-state index in [0.29, 0.717) is 4.88 Å². The lowest BCUT2D eigenvalue weighted by Crippen LogP contribution is -2.45. The van der Waals surface area contributed by atoms with E-state index in [9.17, 15) is 19.2 Å². The summed E-state index contributed by atoms with van der Waals surface area (Å²) in [6, 6.07) is 2.08. The maximum absolute atomic E-state index is 11.6. The fourth-order valence-electron chi connectivity index (χ4n) is 1.44. The molecule has 8 nitrogen and oxygen atoms in total. The molecule has 9 heteroatoms. The van der Waals surface area contributed by atoms with Gasteiger partial charge in [0.05, 0.1) is 11.4 Å². The topological polar surface area (TPSA) is 139 Å². The molecule has 0 aliphatic rings. The number of carbonyl (C=O) groups is 4. The molecule has 0 spiro atoms. The van der Waals surface area contributed by atoms with Crippen molar-refractivity contribution >= 4 is 35.0 Å². The number of hydrogen-bond acceptors (Lipinski definition) is 5. The van der Waals surface area contributed by atoms with Gasteiger partial charge >= 0.3 is 5.97 Å². The largest absolute Gasteiger partial charge is 0.480 e. The SMILES string of the molecule is NC(=O)CCC(NC(=O)CNC(=O)c1cccs1)C(=O)O. The van der Waals surface area contributed by atoms with Crippen molar-refractivity contribution in [3.05, 3.63) is 22.4 Å². The summed E-state index contributed by atoms with van der Waals surface area (Å²) in [7, 11) is 0. The van der Waals surface area contributed by atoms with Crippen LogP contribution in [-0.4, -0.2) is 41.4 Å². The molecule has 1 heterocycles. The molecule has 0 saturated carbocycles. The summed E-state index contributed by atoms with van der Waals surface area (Å²) < 4.78 is 0. The van der Waals surface area contributed by atoms with E-state index < -0.39 is 29.7 Å². The Hall–Kier alpha value is -2.42. The van der Waals surface area contributed by atoms with Crippen LogP contribution in [-0.2, 0) is 14.4 Å². The molecular weight excluding hydrogens is 298 g/mol. The molecule has 3 amide bonds. The smallest absolute Gasteiger partial charge is 0.326 e. The lowest BCUT2D eigenvalue weighted by molar-refractivity contribution is -0.142. The normalized spacial score (nSPS) is 11.4. The molecule has 5 N–H and O–H groups in total. The first-order valence-electron chi connectivity index (χ1n) is 6.02. The third-order valence-electron chi connectivity index (χ3n) is 2.47. The quantitative estimate of drug-likeness (QED) is 0.503. The lowest BCUT2D eigenvalue weighted by Gasteiger charge is -2.13. The van der Waals surface area contributed by atoms with Gasteiger partial charge in [0.1, 0.15) is 6.04 Å². The van der Waals surface area contributed by atoms with Gasteiger partial charge in [-0.05, 0) is 17.9 Å². The Kier molecular flexibility index (Phi) is 6.34. The van der Waals surface area contributed by atoms with Gasteiger partial charge in [0.15, 0.2) is 0 Å². The monoisotopic (exact) mass is 313 g/mol. The molecule has 0 fully saturated rings. The molecule has 1 unspecified atom stereocenters. The summed E-state index contributed by atoms with van der Waals surface area (Å²) in [5, 5.41) is 15.2. The van der Waals surface area contributed by atoms with Crippen LogP contribution in [0.25, 0.3) is 0 Å². The summed E-state index contributed by atoms with van der Waals surface area (Å²) >= 11 is 1.22. The van der Waals surface area contributed by atoms with Gasteiger partial charge < -0.3 is 21.5 Å². The second-order valence-electron chi connectivity index (χ2n) is 4.12. The Morgan fingerprint density at radius 3 is 2.57 bits per heavy atom. The molecule has 0 aromatic carbocycles. The zero-order chi connectivity index (χ0) is 15.8. The third kappa shape index (κ3) is 6.04. The first-order valence-corrected chi connectivity index (χ1v) is 6.90. The highest BCUT2D eigenvalue weighted by Gasteiger charge is 2.20. The summed E-state index contributed by atoms with van der Waals surface area (Å²) in [6.07, 6.45) is -0.256. The molecule has 114 valence electrons. The fourth-order valence-corrected chi connectivity index (χ4v) is 2.08. The van der Waals surface area contributed by atoms with Crippen molar-refractivity contribution < 1.29 is 24.3 Å². The molecule has 0 saturated heterocycles. The van der Waals surface area contributed by atoms with E-state index in [1.54, 1.807) is 17.5 Å². The molecule has 21 heavy (non-hydrogen) atoms. The van der Waals surface area contributed by atoms with Gasteiger partial charge in [0.25, 0.3) is 5.91 Å². The molecule has 1 aromatic heterocycles. The van der Waals surface area contributed by atoms with E-state index in [-0.39, 0.29) is 19.4 Å². The van der Waals surface area contributed by atoms with Crippen molar-refractivity contribution in [2.75, 3.05) is 6.54 Å². The van der Waals surface area contributed by atoms with Crippen LogP contribution in [0.2, 0.25) is 0 Å². The summed E-state index contributed by atoms with van der Waals surface area (Å²) in [5.41, 5.74) is 4.92. The van der Waals surface area contributed by atoms with E-state index >= 15 is 0 Å². The van der Waals surface area contributed by atoms with E-state index in [4.69, 9.17) is 10.8 Å². The van der Waals surface area contributed by atoms with E-state index in [0.717, 1.165) is 0 Å². The van der Waals surface area contributed by atoms with Crippen LogP contribution in [0.5, 0.6) is 0 Å². The number of amides is 3. The molecular formula is C12H15N3O5S. The number of carboxylic acids is 1. The van der Waals surface area contributed by atoms with Gasteiger partial charge in [-0.25, -0.2) is 4.79 Å². The maximum atomic E-state index is 11.6. The summed E-state index contributed by atoms with van der Waals surface area (Å²) in [6.45, 7) is -0.350. The van der Waals surface area contributed by atoms with Gasteiger partial charge in [-0.1, -0.05) is 6.07 Å². The highest BCUT2D eigenvalue weighted by molar-refractivity contribution is 7.12. The molecule has 0 bridgehead atoms. The van der Waals surface area contributed by atoms with Crippen molar-refractivity contribution in [2.24, 2.45) is 5.73 Å². The molecule has 0 radical (unpaired) electrons. The highest BCUT2D eigenvalue weighted by atomic mass is 32.1. The molecule has 1 aromatic rings. The Morgan fingerprint density at radius 2 is 2.05 bits per heavy atom. The minimum Gasteiger partial charge on any atom is -0.480 e. The number of nitrogens with one attached hydrogen (secondary N) is 2. The van der Waals surface area contributed by atoms with Crippen LogP contribution in [0.3, 0.4) is 0 Å². The summed E-state index contributed by atoms with van der Waals surface area (Å²) in [4.78, 5) is 45.2. The number of thiophene rings is 1. The van der Waals surface area contributed by atoms with Crippen molar-refractivity contribution in [2.45, 2.75) is 18.9 Å². The van der Waals surface area contributed by atoms with Gasteiger partial charge in [-0.15, -0.1) is 11.3 Å². The van der Waals surface area contributed by atoms with Gasteiger partial charge in [-0.2, -0.15) is 0 Å². The average molecular weight is 313 g/mol. The molecule has 1 rings (SSSR count). The maximum Gasteiger partial charge on any atom is 0.326 e. The van der Waals surface area contributed by atoms with Gasteiger partial charge in [0.2, 0.25) is 11.8 Å². The second kappa shape index (κ2) is 8.00. The second-order valence-corrected chi connectivity index (χ2v) is 5.07. The van der Waals surface area contributed by atoms with E-state index in [2.05, 4.69) is 10.6 Å². The van der Waals surface area contributed by atoms with Crippen LogP contribution in [0.4, 0.5) is 0 Å². The van der Waals surface area contributed by atoms with Gasteiger partial charge in [0, 0.05) is 6.42 Å². The number of carbonyl (C=O) groups excluding carboxylic acids is 3. The number of carboxylic acid groups (broad SMARTS) is 1.